The molecular weight excluding hydrogens is 728 g/mol. The van der Waals surface area contributed by atoms with Crippen LogP contribution in [0.2, 0.25) is 0 Å². The number of rotatable bonds is 11. The Labute approximate surface area is 335 Å². The first kappa shape index (κ1) is 49.0. The summed E-state index contributed by atoms with van der Waals surface area (Å²) in [4.78, 5) is 32.6. The average Bonchev–Trinajstić information content (AvgIpc) is 3.14. The molecule has 3 aliphatic rings. The Morgan fingerprint density at radius 2 is 1.46 bits per heavy atom. The van der Waals surface area contributed by atoms with Gasteiger partial charge in [-0.1, -0.05) is 27.7 Å². The number of carbonyl (C=O) groups excluding carboxylic acids is 2. The zero-order valence-electron chi connectivity index (χ0n) is 36.8. The van der Waals surface area contributed by atoms with Gasteiger partial charge in [-0.15, -0.1) is 0 Å². The average molecular weight is 805 g/mol. The predicted molar refractivity (Wildman–Crippen MR) is 209 cm³/mol. The molecule has 3 saturated heterocycles. The molecule has 0 aliphatic carbocycles. The fourth-order valence-corrected chi connectivity index (χ4v) is 9.42. The van der Waals surface area contributed by atoms with Crippen LogP contribution in [0.25, 0.3) is 0 Å². The van der Waals surface area contributed by atoms with E-state index in [4.69, 9.17) is 33.2 Å². The number of nitrogens with zero attached hydrogens (tertiary/aromatic N) is 2. The second kappa shape index (κ2) is 19.8. The topological polar surface area (TPSA) is 186 Å². The lowest BCUT2D eigenvalue weighted by Gasteiger charge is -2.51. The zero-order valence-corrected chi connectivity index (χ0v) is 36.8. The molecule has 3 rings (SSSR count). The lowest BCUT2D eigenvalue weighted by atomic mass is 9.73. The van der Waals surface area contributed by atoms with Crippen LogP contribution in [-0.2, 0) is 42.7 Å². The quantitative estimate of drug-likeness (QED) is 0.223. The van der Waals surface area contributed by atoms with Gasteiger partial charge in [0.05, 0.1) is 60.3 Å². The molecule has 3 aliphatic heterocycles. The summed E-state index contributed by atoms with van der Waals surface area (Å²) in [6, 6.07) is -0.370. The Kier molecular flexibility index (Phi) is 17.3. The fourth-order valence-electron chi connectivity index (χ4n) is 9.42. The number of ether oxygens (including phenoxy) is 7. The number of methoxy groups -OCH3 is 2. The lowest BCUT2D eigenvalue weighted by Crippen LogP contribution is -2.64. The SMILES string of the molecule is CC[C@H]1OC(=O)[C@H](C)[C@@H](O[C@H]2C[C@@](C)(OC)[C@@H](O)[C@H](C)O2)[C@H](C)[C@@H](O[C@@H]2O[C@H](C)C[C@@H](N(C)CCO)[C@@H]2N(C)C)[C@@](C)(OC)C[C@@H](C)C(=O)[C@H](C)[C@@H](O)[C@]1(C)O. The van der Waals surface area contributed by atoms with E-state index < -0.39 is 95.6 Å². The molecule has 15 heteroatoms. The van der Waals surface area contributed by atoms with Crippen molar-refractivity contribution in [3.05, 3.63) is 0 Å². The first-order chi connectivity index (χ1) is 25.9. The van der Waals surface area contributed by atoms with Gasteiger partial charge in [0.2, 0.25) is 0 Å². The smallest absolute Gasteiger partial charge is 0.311 e. The van der Waals surface area contributed by atoms with E-state index in [0.717, 1.165) is 0 Å². The molecule has 0 amide bonds. The summed E-state index contributed by atoms with van der Waals surface area (Å²) in [6.07, 6.45) is -7.05. The van der Waals surface area contributed by atoms with Crippen LogP contribution < -0.4 is 0 Å². The minimum absolute atomic E-state index is 0.0172. The summed E-state index contributed by atoms with van der Waals surface area (Å²) in [6.45, 7) is 17.8. The minimum atomic E-state index is -1.96. The molecule has 3 fully saturated rings. The van der Waals surface area contributed by atoms with Crippen molar-refractivity contribution in [1.82, 2.24) is 9.80 Å². The van der Waals surface area contributed by atoms with Crippen molar-refractivity contribution in [3.63, 3.8) is 0 Å². The summed E-state index contributed by atoms with van der Waals surface area (Å²) in [7, 11) is 8.93. The van der Waals surface area contributed by atoms with E-state index in [9.17, 15) is 30.0 Å². The van der Waals surface area contributed by atoms with Gasteiger partial charge in [0, 0.05) is 51.0 Å². The van der Waals surface area contributed by atoms with Crippen LogP contribution in [-0.4, -0.2) is 175 Å². The molecule has 15 nitrogen and oxygen atoms in total. The lowest BCUT2D eigenvalue weighted by molar-refractivity contribution is -0.314. The highest BCUT2D eigenvalue weighted by Gasteiger charge is 2.54. The maximum atomic E-state index is 14.3. The van der Waals surface area contributed by atoms with Crippen molar-refractivity contribution in [2.45, 2.75) is 179 Å². The Balaban J connectivity index is 2.27. The number of ketones is 1. The van der Waals surface area contributed by atoms with Gasteiger partial charge < -0.3 is 58.5 Å². The van der Waals surface area contributed by atoms with Crippen molar-refractivity contribution in [2.75, 3.05) is 48.5 Å². The highest BCUT2D eigenvalue weighted by atomic mass is 16.7. The van der Waals surface area contributed by atoms with Crippen molar-refractivity contribution in [2.24, 2.45) is 23.7 Å². The highest BCUT2D eigenvalue weighted by Crippen LogP contribution is 2.42. The van der Waals surface area contributed by atoms with Gasteiger partial charge in [-0.3, -0.25) is 14.5 Å². The van der Waals surface area contributed by atoms with E-state index in [1.54, 1.807) is 48.7 Å². The van der Waals surface area contributed by atoms with Crippen molar-refractivity contribution < 1.29 is 63.2 Å². The number of hydrogen-bond acceptors (Lipinski definition) is 15. The molecule has 0 saturated carbocycles. The van der Waals surface area contributed by atoms with E-state index in [0.29, 0.717) is 13.0 Å². The number of likely N-dealkylation sites (N-methyl/N-ethyl adjacent to an activating group) is 2. The van der Waals surface area contributed by atoms with Gasteiger partial charge in [0.15, 0.2) is 12.6 Å². The molecule has 3 heterocycles. The van der Waals surface area contributed by atoms with Gasteiger partial charge in [0.1, 0.15) is 23.6 Å². The fraction of sp³-hybridized carbons (Fsp3) is 0.951. The molecule has 18 atom stereocenters. The number of aliphatic hydroxyl groups excluding tert-OH is 3. The van der Waals surface area contributed by atoms with E-state index in [2.05, 4.69) is 4.90 Å². The standard InChI is InChI=1S/C41H76N2O13/c1-16-29-41(10,49)34(46)24(4)32(45)22(2)20-40(9,51-15)36(56-38-31(42(11)12)28(19-23(3)52-38)43(13)17-18-44)25(5)33(26(6)37(48)54-29)55-30-21-39(8,50-14)35(47)27(7)53-30/h22-31,33-36,38,44,46-47,49H,16-21H2,1-15H3/t22-,23-,24+,25+,26-,27+,28-,29-,30+,31+,33+,34-,35+,36-,38+,39-,40+,41-/m1/s1. The first-order valence-corrected chi connectivity index (χ1v) is 20.5. The summed E-state index contributed by atoms with van der Waals surface area (Å²) >= 11 is 0. The first-order valence-electron chi connectivity index (χ1n) is 20.5. The highest BCUT2D eigenvalue weighted by molar-refractivity contribution is 5.83. The molecule has 0 aromatic rings. The van der Waals surface area contributed by atoms with E-state index >= 15 is 0 Å². The zero-order chi connectivity index (χ0) is 42.7. The molecule has 0 aromatic carbocycles. The van der Waals surface area contributed by atoms with Gasteiger partial charge in [-0.05, 0) is 81.9 Å². The van der Waals surface area contributed by atoms with Gasteiger partial charge in [0.25, 0.3) is 0 Å². The number of cyclic esters (lactones) is 1. The van der Waals surface area contributed by atoms with Crippen LogP contribution in [0, 0.1) is 23.7 Å². The second-order valence-corrected chi connectivity index (χ2v) is 17.8. The van der Waals surface area contributed by atoms with Crippen LogP contribution in [0.4, 0.5) is 0 Å². The molecule has 0 radical (unpaired) electrons. The maximum absolute atomic E-state index is 14.3. The summed E-state index contributed by atoms with van der Waals surface area (Å²) < 4.78 is 45.1. The molecular formula is C41H76N2O13. The molecule has 0 aromatic heterocycles. The Morgan fingerprint density at radius 3 is 2.00 bits per heavy atom. The third-order valence-corrected chi connectivity index (χ3v) is 13.2. The maximum Gasteiger partial charge on any atom is 0.311 e. The van der Waals surface area contributed by atoms with E-state index in [1.807, 2.05) is 46.8 Å². The molecule has 0 spiro atoms. The number of hydrogen-bond donors (Lipinski definition) is 4. The number of Topliss-reactive ketones (excluding diaryl/α,β-unsaturated/α-hetero) is 1. The van der Waals surface area contributed by atoms with Gasteiger partial charge in [-0.2, -0.15) is 0 Å². The summed E-state index contributed by atoms with van der Waals surface area (Å²) in [5, 5.41) is 44.1. The number of carbonyl (C=O) groups is 2. The van der Waals surface area contributed by atoms with Crippen molar-refractivity contribution >= 4 is 11.8 Å². The molecule has 0 unspecified atom stereocenters. The third-order valence-electron chi connectivity index (χ3n) is 13.2. The van der Waals surface area contributed by atoms with Crippen LogP contribution in [0.1, 0.15) is 94.9 Å². The van der Waals surface area contributed by atoms with Crippen molar-refractivity contribution in [1.29, 1.82) is 0 Å². The summed E-state index contributed by atoms with van der Waals surface area (Å²) in [5.74, 6) is -4.34. The van der Waals surface area contributed by atoms with Crippen LogP contribution in [0.15, 0.2) is 0 Å². The monoisotopic (exact) mass is 805 g/mol. The van der Waals surface area contributed by atoms with E-state index in [-0.39, 0.29) is 49.8 Å². The Bertz CT molecular complexity index is 1270. The normalized spacial score (nSPS) is 46.5. The summed E-state index contributed by atoms with van der Waals surface area (Å²) in [5.41, 5.74) is -4.20. The van der Waals surface area contributed by atoms with Gasteiger partial charge in [-0.25, -0.2) is 0 Å². The minimum Gasteiger partial charge on any atom is -0.459 e. The van der Waals surface area contributed by atoms with Crippen molar-refractivity contribution in [3.8, 4) is 0 Å². The van der Waals surface area contributed by atoms with Gasteiger partial charge >= 0.3 is 5.97 Å². The number of esters is 1. The Hall–Kier alpha value is -1.34. The molecule has 56 heavy (non-hydrogen) atoms. The Morgan fingerprint density at radius 1 is 0.857 bits per heavy atom. The molecule has 328 valence electrons. The predicted octanol–water partition coefficient (Wildman–Crippen LogP) is 2.37. The molecule has 4 N–H and O–H groups in total. The third kappa shape index (κ3) is 10.5. The van der Waals surface area contributed by atoms with E-state index in [1.165, 1.54) is 14.0 Å². The second-order valence-electron chi connectivity index (χ2n) is 17.8. The van der Waals surface area contributed by atoms with Crippen LogP contribution in [0.5, 0.6) is 0 Å². The molecule has 0 bridgehead atoms. The van der Waals surface area contributed by atoms with Crippen LogP contribution >= 0.6 is 0 Å². The largest absolute Gasteiger partial charge is 0.459 e. The number of aliphatic hydroxyl groups is 4. The van der Waals surface area contributed by atoms with Crippen LogP contribution in [0.3, 0.4) is 0 Å².